The molecule has 0 bridgehead atoms. The van der Waals surface area contributed by atoms with E-state index < -0.39 is 173 Å². The molecule has 0 radical (unpaired) electrons. The molecule has 354 valence electrons. The van der Waals surface area contributed by atoms with Gasteiger partial charge in [0.1, 0.15) is 60.9 Å². The number of methoxy groups -OCH3 is 1. The first-order valence-electron chi connectivity index (χ1n) is 15.1. The SMILES string of the molecule is CO[C@H]1[C@H](OS(=O)(=O)O)[C@@H](NS(=O)(=O)O)[C@@H](O[C@H]2[C@H](O)[C@@H](OS(=O)(=O)O)[C@H](O[C@H]3[C@H](O)[C@@H](NS(=O)(=O)O)C(O)O[C@@H]3COS(=O)(=O)O)O[C@H]2C(=O)O)O[C@@H]1COS(=O)(=O)O. The van der Waals surface area contributed by atoms with Gasteiger partial charge < -0.3 is 48.8 Å². The number of carboxylic acids is 1. The largest absolute Gasteiger partial charge is 0.479 e. The van der Waals surface area contributed by atoms with Crippen LogP contribution in [0, 0.1) is 0 Å². The zero-order valence-corrected chi connectivity index (χ0v) is 33.8. The molecule has 3 aliphatic rings. The van der Waals surface area contributed by atoms with E-state index in [-0.39, 0.29) is 0 Å². The summed E-state index contributed by atoms with van der Waals surface area (Å²) >= 11 is 0. The van der Waals surface area contributed by atoms with E-state index in [1.165, 1.54) is 9.44 Å². The zero-order valence-electron chi connectivity index (χ0n) is 28.9. The van der Waals surface area contributed by atoms with E-state index in [9.17, 15) is 93.9 Å². The highest BCUT2D eigenvalue weighted by Gasteiger charge is 2.58. The van der Waals surface area contributed by atoms with Crippen LogP contribution in [0.2, 0.25) is 0 Å². The van der Waals surface area contributed by atoms with Crippen molar-refractivity contribution in [1.29, 1.82) is 0 Å². The number of hydrogen-bond donors (Lipinski definition) is 12. The van der Waals surface area contributed by atoms with Crippen LogP contribution in [0.5, 0.6) is 0 Å². The summed E-state index contributed by atoms with van der Waals surface area (Å²) in [4.78, 5) is 12.5. The summed E-state index contributed by atoms with van der Waals surface area (Å²) in [6.07, 6.45) is -34.5. The van der Waals surface area contributed by atoms with Gasteiger partial charge >= 0.3 is 68.2 Å². The van der Waals surface area contributed by atoms with Crippen molar-refractivity contribution >= 4 is 68.2 Å². The second-order valence-electron chi connectivity index (χ2n) is 11.9. The molecule has 0 aromatic carbocycles. The van der Waals surface area contributed by atoms with Gasteiger partial charge in [0.15, 0.2) is 31.1 Å². The van der Waals surface area contributed by atoms with E-state index >= 15 is 0 Å². The average molecular weight is 1010 g/mol. The zero-order chi connectivity index (χ0) is 46.1. The summed E-state index contributed by atoms with van der Waals surface area (Å²) in [6, 6.07) is -5.10. The van der Waals surface area contributed by atoms with Crippen molar-refractivity contribution < 1.29 is 148 Å². The Hall–Kier alpha value is -1.67. The van der Waals surface area contributed by atoms with Crippen molar-refractivity contribution in [2.45, 2.75) is 92.0 Å². The standard InChI is InChI=1S/C19H34N2O33S6/c1-45-11-5(3-47-58(36,37)38)49-18(7(21-56(30,31)32)12(11)53-59(39,40)41)51-13-9(23)14(54-60(42,43)44)19(52-15(13)16(24)25)50-10-4(2-46-57(33,34)35)48-17(26)6(8(10)22)20-55(27,28)29/h4-15,17-23,26H,2-3H2,1H3,(H,24,25)(H,27,28,29)(H,30,31,32)(H,33,34,35)(H,36,37,38)(H,39,40,41)(H,42,43,44)/t4-,5-,6-,7-,8-,9+,10-,11-,12-,13+,14-,15-,17?,18-,19-/m1/s1. The number of nitrogens with one attached hydrogen (secondary N) is 2. The summed E-state index contributed by atoms with van der Waals surface area (Å²) < 4.78 is 246. The molecule has 0 aromatic rings. The number of carbonyl (C=O) groups is 1. The maximum absolute atomic E-state index is 12.5. The fourth-order valence-corrected chi connectivity index (χ4v) is 8.47. The number of aliphatic carboxylic acids is 1. The number of ether oxygens (including phenoxy) is 6. The van der Waals surface area contributed by atoms with Crippen molar-refractivity contribution in [2.75, 3.05) is 20.3 Å². The van der Waals surface area contributed by atoms with Gasteiger partial charge in [0, 0.05) is 7.11 Å². The lowest BCUT2D eigenvalue weighted by Crippen LogP contribution is -2.70. The minimum atomic E-state index is -5.93. The number of aliphatic hydroxyl groups excluding tert-OH is 3. The molecule has 1 unspecified atom stereocenters. The van der Waals surface area contributed by atoms with Crippen LogP contribution in [0.15, 0.2) is 0 Å². The molecule has 0 aromatic heterocycles. The van der Waals surface area contributed by atoms with E-state index in [1.54, 1.807) is 0 Å². The van der Waals surface area contributed by atoms with E-state index in [4.69, 9.17) is 37.5 Å². The topological polar surface area (TPSA) is 541 Å². The molecule has 3 fully saturated rings. The number of hydrogen-bond acceptors (Lipinski definition) is 26. The van der Waals surface area contributed by atoms with E-state index in [0.29, 0.717) is 7.11 Å². The highest BCUT2D eigenvalue weighted by atomic mass is 32.3. The smallest absolute Gasteiger partial charge is 0.397 e. The van der Waals surface area contributed by atoms with Crippen LogP contribution in [-0.2, 0) is 112 Å². The molecule has 35 nitrogen and oxygen atoms in total. The Kier molecular flexibility index (Phi) is 17.2. The van der Waals surface area contributed by atoms with Crippen molar-refractivity contribution in [3.8, 4) is 0 Å². The molecule has 41 heteroatoms. The van der Waals surface area contributed by atoms with E-state index in [0.717, 1.165) is 0 Å². The molecular formula is C19H34N2O33S6. The quantitative estimate of drug-likeness (QED) is 0.0504. The Morgan fingerprint density at radius 2 is 1.00 bits per heavy atom. The third kappa shape index (κ3) is 15.8. The van der Waals surface area contributed by atoms with Crippen molar-refractivity contribution in [3.05, 3.63) is 0 Å². The monoisotopic (exact) mass is 1010 g/mol. The Bertz CT molecular complexity index is 2180. The first kappa shape index (κ1) is 52.7. The van der Waals surface area contributed by atoms with Gasteiger partial charge in [-0.05, 0) is 0 Å². The lowest BCUT2D eigenvalue weighted by atomic mass is 9.95. The molecule has 60 heavy (non-hydrogen) atoms. The molecule has 0 spiro atoms. The van der Waals surface area contributed by atoms with Crippen LogP contribution in [-0.4, -0.2) is 217 Å². The van der Waals surface area contributed by atoms with Crippen LogP contribution in [0.1, 0.15) is 0 Å². The maximum Gasteiger partial charge on any atom is 0.397 e. The fraction of sp³-hybridized carbons (Fsp3) is 0.947. The highest BCUT2D eigenvalue weighted by Crippen LogP contribution is 2.36. The minimum Gasteiger partial charge on any atom is -0.479 e. The summed E-state index contributed by atoms with van der Waals surface area (Å²) in [5, 5.41) is 42.6. The van der Waals surface area contributed by atoms with Crippen LogP contribution < -0.4 is 9.44 Å². The van der Waals surface area contributed by atoms with Gasteiger partial charge in [-0.1, -0.05) is 0 Å². The number of aliphatic hydroxyl groups is 3. The van der Waals surface area contributed by atoms with Gasteiger partial charge in [0.2, 0.25) is 0 Å². The fourth-order valence-electron chi connectivity index (χ4n) is 5.67. The molecule has 3 aliphatic heterocycles. The number of carboxylic acid groups (broad SMARTS) is 1. The first-order valence-corrected chi connectivity index (χ1v) is 23.4. The second-order valence-corrected chi connectivity index (χ2v) is 18.5. The third-order valence-corrected chi connectivity index (χ3v) is 10.7. The van der Waals surface area contributed by atoms with Gasteiger partial charge in [-0.25, -0.2) is 21.5 Å². The van der Waals surface area contributed by atoms with Crippen LogP contribution in [0.4, 0.5) is 0 Å². The van der Waals surface area contributed by atoms with Crippen molar-refractivity contribution in [2.24, 2.45) is 0 Å². The molecule has 0 saturated carbocycles. The Labute approximate surface area is 337 Å². The molecular weight excluding hydrogens is 977 g/mol. The van der Waals surface area contributed by atoms with Crippen LogP contribution >= 0.6 is 0 Å². The van der Waals surface area contributed by atoms with Crippen molar-refractivity contribution in [1.82, 2.24) is 9.44 Å². The van der Waals surface area contributed by atoms with Gasteiger partial charge in [-0.2, -0.15) is 60.0 Å². The lowest BCUT2D eigenvalue weighted by Gasteiger charge is -2.49. The molecule has 3 saturated heterocycles. The van der Waals surface area contributed by atoms with Crippen LogP contribution in [0.3, 0.4) is 0 Å². The maximum atomic E-state index is 12.5. The minimum absolute atomic E-state index is 0.701. The molecule has 0 amide bonds. The molecule has 3 rings (SSSR count). The Balaban J connectivity index is 2.17. The average Bonchev–Trinajstić information content (AvgIpc) is 3.03. The third-order valence-electron chi connectivity index (χ3n) is 7.76. The van der Waals surface area contributed by atoms with Crippen LogP contribution in [0.25, 0.3) is 0 Å². The predicted octanol–water partition coefficient (Wildman–Crippen LogP) is -8.72. The summed E-state index contributed by atoms with van der Waals surface area (Å²) in [6.45, 7) is -2.98. The lowest BCUT2D eigenvalue weighted by molar-refractivity contribution is -0.357. The summed E-state index contributed by atoms with van der Waals surface area (Å²) in [5.74, 6) is -2.31. The molecule has 0 aliphatic carbocycles. The second kappa shape index (κ2) is 19.6. The number of rotatable bonds is 20. The Morgan fingerprint density at radius 1 is 0.550 bits per heavy atom. The molecule has 15 atom stereocenters. The first-order chi connectivity index (χ1) is 27.0. The van der Waals surface area contributed by atoms with Crippen molar-refractivity contribution in [3.63, 3.8) is 0 Å². The summed E-state index contributed by atoms with van der Waals surface area (Å²) in [7, 11) is -32.9. The highest BCUT2D eigenvalue weighted by molar-refractivity contribution is 7.84. The predicted molar refractivity (Wildman–Crippen MR) is 173 cm³/mol. The van der Waals surface area contributed by atoms with Gasteiger partial charge in [-0.3, -0.25) is 27.3 Å². The van der Waals surface area contributed by atoms with Gasteiger partial charge in [0.05, 0.1) is 13.2 Å². The molecule has 12 N–H and O–H groups in total. The Morgan fingerprint density at radius 3 is 1.43 bits per heavy atom. The normalized spacial score (nSPS) is 36.5. The van der Waals surface area contributed by atoms with E-state index in [2.05, 4.69) is 16.7 Å². The van der Waals surface area contributed by atoms with Gasteiger partial charge in [0.25, 0.3) is 0 Å². The summed E-state index contributed by atoms with van der Waals surface area (Å²) in [5.41, 5.74) is 0. The molecule has 3 heterocycles. The van der Waals surface area contributed by atoms with E-state index in [1.807, 2.05) is 0 Å². The van der Waals surface area contributed by atoms with Gasteiger partial charge in [-0.15, -0.1) is 0 Å².